The Morgan fingerprint density at radius 3 is 2.67 bits per heavy atom. The van der Waals surface area contributed by atoms with Gasteiger partial charge in [0.15, 0.2) is 0 Å². The van der Waals surface area contributed by atoms with Crippen molar-refractivity contribution in [3.8, 4) is 11.4 Å². The molecule has 0 radical (unpaired) electrons. The van der Waals surface area contributed by atoms with Crippen LogP contribution in [-0.4, -0.2) is 37.0 Å². The fraction of sp³-hybridized carbons (Fsp3) is 0. The molecule has 18 heavy (non-hydrogen) atoms. The first-order valence-electron chi connectivity index (χ1n) is 5.39. The molecule has 3 aromatic rings. The van der Waals surface area contributed by atoms with Crippen LogP contribution in [0.1, 0.15) is 0 Å². The van der Waals surface area contributed by atoms with Gasteiger partial charge >= 0.3 is 7.12 Å². The van der Waals surface area contributed by atoms with E-state index in [0.29, 0.717) is 16.9 Å². The molecule has 3 rings (SSSR count). The van der Waals surface area contributed by atoms with Gasteiger partial charge in [-0.05, 0) is 24.3 Å². The number of fused-ring (bicyclic) bond motifs is 1. The molecule has 0 aliphatic carbocycles. The number of nitrogens with zero attached hydrogens (tertiary/aromatic N) is 4. The van der Waals surface area contributed by atoms with Crippen LogP contribution in [0.15, 0.2) is 42.6 Å². The lowest BCUT2D eigenvalue weighted by molar-refractivity contribution is 0.423. The van der Waals surface area contributed by atoms with Crippen molar-refractivity contribution in [2.24, 2.45) is 0 Å². The minimum atomic E-state index is -1.59. The highest BCUT2D eigenvalue weighted by atomic mass is 16.4. The molecule has 0 saturated heterocycles. The van der Waals surface area contributed by atoms with E-state index in [1.807, 2.05) is 18.2 Å². The topological polar surface area (TPSA) is 83.5 Å². The second kappa shape index (κ2) is 4.21. The molecule has 0 aliphatic heterocycles. The Bertz CT molecular complexity index is 684. The van der Waals surface area contributed by atoms with Crippen molar-refractivity contribution < 1.29 is 10.0 Å². The minimum Gasteiger partial charge on any atom is -0.422 e. The van der Waals surface area contributed by atoms with Crippen molar-refractivity contribution in [1.29, 1.82) is 0 Å². The van der Waals surface area contributed by atoms with Crippen molar-refractivity contribution in [3.63, 3.8) is 0 Å². The van der Waals surface area contributed by atoms with Gasteiger partial charge in [0, 0.05) is 6.20 Å². The van der Waals surface area contributed by atoms with Crippen LogP contribution < -0.4 is 5.59 Å². The third kappa shape index (κ3) is 1.66. The van der Waals surface area contributed by atoms with Gasteiger partial charge in [0.25, 0.3) is 0 Å². The van der Waals surface area contributed by atoms with Gasteiger partial charge in [0.05, 0.1) is 16.8 Å². The van der Waals surface area contributed by atoms with E-state index in [0.717, 1.165) is 0 Å². The Labute approximate surface area is 103 Å². The van der Waals surface area contributed by atoms with Crippen molar-refractivity contribution in [2.45, 2.75) is 0 Å². The average Bonchev–Trinajstić information content (AvgIpc) is 2.83. The summed E-state index contributed by atoms with van der Waals surface area (Å²) in [5.41, 5.74) is 2.25. The lowest BCUT2D eigenvalue weighted by Gasteiger charge is -2.02. The van der Waals surface area contributed by atoms with Gasteiger partial charge in [-0.3, -0.25) is 4.98 Å². The third-order valence-electron chi connectivity index (χ3n) is 2.64. The average molecular weight is 240 g/mol. The van der Waals surface area contributed by atoms with Crippen LogP contribution in [0.25, 0.3) is 16.9 Å². The Balaban J connectivity index is 2.25. The standard InChI is InChI=1S/C11H9BN4O2/c17-12(18)10-6-3-5-9-11(14-15-16(9)10)8-4-1-2-7-13-8/h1-7,17-18H. The summed E-state index contributed by atoms with van der Waals surface area (Å²) in [6, 6.07) is 10.6. The molecule has 6 nitrogen and oxygen atoms in total. The third-order valence-corrected chi connectivity index (χ3v) is 2.64. The number of rotatable bonds is 2. The largest absolute Gasteiger partial charge is 0.508 e. The number of pyridine rings is 2. The molecule has 0 saturated carbocycles. The Morgan fingerprint density at radius 1 is 1.06 bits per heavy atom. The predicted octanol–water partition coefficient (Wildman–Crippen LogP) is -0.529. The first-order valence-corrected chi connectivity index (χ1v) is 5.39. The first kappa shape index (κ1) is 10.9. The number of hydrogen-bond donors (Lipinski definition) is 2. The Hall–Kier alpha value is -2.25. The van der Waals surface area contributed by atoms with Crippen LogP contribution in [0.2, 0.25) is 0 Å². The maximum absolute atomic E-state index is 9.25. The fourth-order valence-corrected chi connectivity index (χ4v) is 1.82. The number of hydrogen-bond acceptors (Lipinski definition) is 5. The minimum absolute atomic E-state index is 0.266. The maximum atomic E-state index is 9.25. The van der Waals surface area contributed by atoms with Gasteiger partial charge in [0.1, 0.15) is 5.69 Å². The molecule has 0 aromatic carbocycles. The zero-order chi connectivity index (χ0) is 12.5. The maximum Gasteiger partial charge on any atom is 0.508 e. The molecular formula is C11H9BN4O2. The highest BCUT2D eigenvalue weighted by Gasteiger charge is 2.18. The van der Waals surface area contributed by atoms with Gasteiger partial charge in [-0.25, -0.2) is 4.52 Å². The zero-order valence-electron chi connectivity index (χ0n) is 9.30. The first-order chi connectivity index (χ1) is 8.77. The second-order valence-electron chi connectivity index (χ2n) is 3.77. The van der Waals surface area contributed by atoms with Crippen molar-refractivity contribution in [3.05, 3.63) is 42.6 Å². The van der Waals surface area contributed by atoms with Gasteiger partial charge in [0.2, 0.25) is 0 Å². The molecule has 3 heterocycles. The van der Waals surface area contributed by atoms with E-state index in [4.69, 9.17) is 0 Å². The smallest absolute Gasteiger partial charge is 0.422 e. The quantitative estimate of drug-likeness (QED) is 0.588. The Morgan fingerprint density at radius 2 is 1.94 bits per heavy atom. The van der Waals surface area contributed by atoms with Crippen molar-refractivity contribution >= 4 is 18.2 Å². The molecule has 0 fully saturated rings. The molecular weight excluding hydrogens is 231 g/mol. The SMILES string of the molecule is OB(O)c1cccc2c(-c3ccccn3)nnn12. The predicted molar refractivity (Wildman–Crippen MR) is 66.0 cm³/mol. The lowest BCUT2D eigenvalue weighted by Crippen LogP contribution is -2.35. The summed E-state index contributed by atoms with van der Waals surface area (Å²) in [7, 11) is -1.59. The van der Waals surface area contributed by atoms with Crippen LogP contribution >= 0.6 is 0 Å². The summed E-state index contributed by atoms with van der Waals surface area (Å²) in [5.74, 6) is 0. The van der Waals surface area contributed by atoms with E-state index in [9.17, 15) is 10.0 Å². The highest BCUT2D eigenvalue weighted by molar-refractivity contribution is 6.57. The fourth-order valence-electron chi connectivity index (χ4n) is 1.82. The monoisotopic (exact) mass is 240 g/mol. The molecule has 0 bridgehead atoms. The van der Waals surface area contributed by atoms with Gasteiger partial charge < -0.3 is 10.0 Å². The zero-order valence-corrected chi connectivity index (χ0v) is 9.30. The van der Waals surface area contributed by atoms with E-state index >= 15 is 0 Å². The molecule has 0 aliphatic rings. The molecule has 3 aromatic heterocycles. The normalized spacial score (nSPS) is 10.8. The molecule has 88 valence electrons. The summed E-state index contributed by atoms with van der Waals surface area (Å²) < 4.78 is 1.40. The molecule has 0 amide bonds. The Kier molecular flexibility index (Phi) is 2.54. The van der Waals surface area contributed by atoms with Crippen LogP contribution in [0.3, 0.4) is 0 Å². The number of aromatic nitrogens is 4. The van der Waals surface area contributed by atoms with Crippen LogP contribution in [0.5, 0.6) is 0 Å². The van der Waals surface area contributed by atoms with Gasteiger partial charge in [-0.15, -0.1) is 5.10 Å². The van der Waals surface area contributed by atoms with Crippen LogP contribution in [-0.2, 0) is 0 Å². The van der Waals surface area contributed by atoms with Crippen molar-refractivity contribution in [1.82, 2.24) is 19.8 Å². The van der Waals surface area contributed by atoms with Crippen LogP contribution in [0.4, 0.5) is 0 Å². The van der Waals surface area contributed by atoms with E-state index in [1.165, 1.54) is 4.52 Å². The molecule has 0 atom stereocenters. The van der Waals surface area contributed by atoms with E-state index in [-0.39, 0.29) is 5.59 Å². The summed E-state index contributed by atoms with van der Waals surface area (Å²) >= 11 is 0. The summed E-state index contributed by atoms with van der Waals surface area (Å²) in [6.45, 7) is 0. The van der Waals surface area contributed by atoms with E-state index < -0.39 is 7.12 Å². The second-order valence-corrected chi connectivity index (χ2v) is 3.77. The molecule has 0 unspecified atom stereocenters. The molecule has 2 N–H and O–H groups in total. The molecule has 0 spiro atoms. The van der Waals surface area contributed by atoms with E-state index in [2.05, 4.69) is 15.3 Å². The summed E-state index contributed by atoms with van der Waals surface area (Å²) in [6.07, 6.45) is 1.67. The van der Waals surface area contributed by atoms with Gasteiger partial charge in [-0.2, -0.15) is 0 Å². The summed E-state index contributed by atoms with van der Waals surface area (Å²) in [5, 5.41) is 26.5. The van der Waals surface area contributed by atoms with Crippen LogP contribution in [0, 0.1) is 0 Å². The molecule has 7 heteroatoms. The van der Waals surface area contributed by atoms with E-state index in [1.54, 1.807) is 24.4 Å². The highest BCUT2D eigenvalue weighted by Crippen LogP contribution is 2.18. The van der Waals surface area contributed by atoms with Crippen molar-refractivity contribution in [2.75, 3.05) is 0 Å². The lowest BCUT2D eigenvalue weighted by atomic mass is 9.85. The summed E-state index contributed by atoms with van der Waals surface area (Å²) in [4.78, 5) is 4.21. The van der Waals surface area contributed by atoms with Gasteiger partial charge in [-0.1, -0.05) is 17.3 Å².